The largest absolute Gasteiger partial charge is 0.460 e. The Morgan fingerprint density at radius 2 is 1.92 bits per heavy atom. The van der Waals surface area contributed by atoms with Crippen LogP contribution in [0.4, 0.5) is 0 Å². The van der Waals surface area contributed by atoms with E-state index in [-0.39, 0.29) is 41.7 Å². The second-order valence-electron chi connectivity index (χ2n) is 6.48. The van der Waals surface area contributed by atoms with Crippen molar-refractivity contribution in [1.82, 2.24) is 5.32 Å². The minimum atomic E-state index is -2.42. The fraction of sp³-hybridized carbons (Fsp3) is 0.444. The Hall–Kier alpha value is -2.22. The molecule has 2 aliphatic rings. The van der Waals surface area contributed by atoms with Gasteiger partial charge in [-0.25, -0.2) is 4.79 Å². The fourth-order valence-electron chi connectivity index (χ4n) is 3.40. The van der Waals surface area contributed by atoms with Crippen LogP contribution in [-0.4, -0.2) is 46.9 Å². The summed E-state index contributed by atoms with van der Waals surface area (Å²) in [4.78, 5) is 25.3. The number of hydrogen-bond acceptors (Lipinski definition) is 7. The third-order valence-electron chi connectivity index (χ3n) is 4.49. The van der Waals surface area contributed by atoms with E-state index in [0.29, 0.717) is 0 Å². The Kier molecular flexibility index (Phi) is 4.18. The SMILES string of the molecule is CC1=C(C(=O)OCCOC(C)C)C2(O)C(=O)c3ccccc3C2(O)N1. The smallest absolute Gasteiger partial charge is 0.339 e. The van der Waals surface area contributed by atoms with Crippen molar-refractivity contribution in [2.24, 2.45) is 0 Å². The molecule has 0 aromatic heterocycles. The molecule has 1 aromatic carbocycles. The lowest BCUT2D eigenvalue weighted by molar-refractivity contribution is -0.148. The van der Waals surface area contributed by atoms with Crippen LogP contribution in [0.5, 0.6) is 0 Å². The summed E-state index contributed by atoms with van der Waals surface area (Å²) in [6.45, 7) is 5.38. The average Bonchev–Trinajstić information content (AvgIpc) is 2.86. The minimum Gasteiger partial charge on any atom is -0.460 e. The lowest BCUT2D eigenvalue weighted by Gasteiger charge is -2.31. The number of ether oxygens (including phenoxy) is 2. The van der Waals surface area contributed by atoms with Gasteiger partial charge in [0.1, 0.15) is 12.2 Å². The molecule has 0 saturated heterocycles. The molecule has 0 spiro atoms. The highest BCUT2D eigenvalue weighted by Crippen LogP contribution is 2.51. The van der Waals surface area contributed by atoms with E-state index in [9.17, 15) is 19.8 Å². The normalized spacial score (nSPS) is 27.4. The lowest BCUT2D eigenvalue weighted by Crippen LogP contribution is -2.56. The third-order valence-corrected chi connectivity index (χ3v) is 4.49. The summed E-state index contributed by atoms with van der Waals surface area (Å²) in [5.74, 6) is -1.60. The van der Waals surface area contributed by atoms with Gasteiger partial charge >= 0.3 is 5.97 Å². The van der Waals surface area contributed by atoms with Gasteiger partial charge in [-0.1, -0.05) is 24.3 Å². The first-order valence-corrected chi connectivity index (χ1v) is 8.10. The van der Waals surface area contributed by atoms with Crippen LogP contribution in [0.25, 0.3) is 0 Å². The summed E-state index contributed by atoms with van der Waals surface area (Å²) < 4.78 is 10.4. The quantitative estimate of drug-likeness (QED) is 0.529. The molecule has 1 aliphatic heterocycles. The van der Waals surface area contributed by atoms with Gasteiger partial charge in [-0.15, -0.1) is 0 Å². The van der Waals surface area contributed by atoms with Gasteiger partial charge in [0.15, 0.2) is 0 Å². The predicted molar refractivity (Wildman–Crippen MR) is 87.5 cm³/mol. The standard InChI is InChI=1S/C18H21NO6/c1-10(2)24-8-9-25-16(21)14-11(3)19-18(23)13-7-5-4-6-12(13)15(20)17(14,18)22/h4-7,10,19,22-23H,8-9H2,1-3H3. The van der Waals surface area contributed by atoms with Crippen molar-refractivity contribution < 1.29 is 29.3 Å². The Balaban J connectivity index is 1.89. The van der Waals surface area contributed by atoms with Crippen molar-refractivity contribution in [1.29, 1.82) is 0 Å². The number of ketones is 1. The number of fused-ring (bicyclic) bond motifs is 3. The minimum absolute atomic E-state index is 0.00649. The Morgan fingerprint density at radius 1 is 1.24 bits per heavy atom. The van der Waals surface area contributed by atoms with E-state index >= 15 is 0 Å². The molecule has 2 atom stereocenters. The summed E-state index contributed by atoms with van der Waals surface area (Å²) in [5, 5.41) is 24.8. The number of Topliss-reactive ketones (excluding diaryl/α,β-unsaturated/α-hetero) is 1. The summed E-state index contributed by atoms with van der Waals surface area (Å²) in [6.07, 6.45) is -0.00649. The fourth-order valence-corrected chi connectivity index (χ4v) is 3.40. The number of carbonyl (C=O) groups excluding carboxylic acids is 2. The monoisotopic (exact) mass is 347 g/mol. The molecule has 2 unspecified atom stereocenters. The molecular weight excluding hydrogens is 326 g/mol. The van der Waals surface area contributed by atoms with E-state index in [4.69, 9.17) is 9.47 Å². The van der Waals surface area contributed by atoms with Gasteiger partial charge in [0, 0.05) is 16.8 Å². The highest BCUT2D eigenvalue weighted by atomic mass is 16.6. The van der Waals surface area contributed by atoms with Crippen molar-refractivity contribution in [2.75, 3.05) is 13.2 Å². The van der Waals surface area contributed by atoms with Crippen LogP contribution >= 0.6 is 0 Å². The van der Waals surface area contributed by atoms with Crippen LogP contribution in [0.1, 0.15) is 36.7 Å². The molecule has 134 valence electrons. The molecule has 3 rings (SSSR count). The molecule has 1 aliphatic carbocycles. The van der Waals surface area contributed by atoms with Crippen LogP contribution in [-0.2, 0) is 20.0 Å². The predicted octanol–water partition coefficient (Wildman–Crippen LogP) is 0.604. The lowest BCUT2D eigenvalue weighted by atomic mass is 9.85. The van der Waals surface area contributed by atoms with E-state index in [1.54, 1.807) is 12.1 Å². The number of allylic oxidation sites excluding steroid dienone is 1. The molecule has 3 N–H and O–H groups in total. The van der Waals surface area contributed by atoms with E-state index in [2.05, 4.69) is 5.32 Å². The van der Waals surface area contributed by atoms with Crippen LogP contribution < -0.4 is 5.32 Å². The van der Waals surface area contributed by atoms with Crippen molar-refractivity contribution >= 4 is 11.8 Å². The molecule has 1 heterocycles. The van der Waals surface area contributed by atoms with Gasteiger partial charge in [0.25, 0.3) is 0 Å². The highest BCUT2D eigenvalue weighted by molar-refractivity contribution is 6.16. The van der Waals surface area contributed by atoms with Gasteiger partial charge in [0.05, 0.1) is 12.7 Å². The van der Waals surface area contributed by atoms with Crippen molar-refractivity contribution in [3.8, 4) is 0 Å². The highest BCUT2D eigenvalue weighted by Gasteiger charge is 2.70. The van der Waals surface area contributed by atoms with Gasteiger partial charge in [-0.2, -0.15) is 0 Å². The Labute approximate surface area is 145 Å². The van der Waals surface area contributed by atoms with E-state index in [1.807, 2.05) is 13.8 Å². The second-order valence-corrected chi connectivity index (χ2v) is 6.48. The van der Waals surface area contributed by atoms with Gasteiger partial charge in [-0.05, 0) is 20.8 Å². The number of carbonyl (C=O) groups is 2. The molecule has 1 aromatic rings. The van der Waals surface area contributed by atoms with Crippen molar-refractivity contribution in [2.45, 2.75) is 38.2 Å². The van der Waals surface area contributed by atoms with Crippen LogP contribution in [0, 0.1) is 0 Å². The molecule has 0 radical (unpaired) electrons. The van der Waals surface area contributed by atoms with E-state index in [0.717, 1.165) is 0 Å². The maximum atomic E-state index is 12.8. The Morgan fingerprint density at radius 3 is 2.60 bits per heavy atom. The van der Waals surface area contributed by atoms with Gasteiger partial charge in [-0.3, -0.25) is 4.79 Å². The summed E-state index contributed by atoms with van der Waals surface area (Å²) in [6, 6.07) is 6.31. The number of benzene rings is 1. The summed E-state index contributed by atoms with van der Waals surface area (Å²) in [7, 11) is 0. The molecule has 0 fully saturated rings. The summed E-state index contributed by atoms with van der Waals surface area (Å²) >= 11 is 0. The van der Waals surface area contributed by atoms with Crippen molar-refractivity contribution in [3.63, 3.8) is 0 Å². The molecule has 0 bridgehead atoms. The molecular formula is C18H21NO6. The third kappa shape index (κ3) is 2.38. The number of nitrogens with one attached hydrogen (secondary N) is 1. The molecule has 0 amide bonds. The number of rotatable bonds is 5. The van der Waals surface area contributed by atoms with Crippen LogP contribution in [0.2, 0.25) is 0 Å². The maximum Gasteiger partial charge on any atom is 0.339 e. The van der Waals surface area contributed by atoms with E-state index < -0.39 is 23.1 Å². The molecule has 0 saturated carbocycles. The second kappa shape index (κ2) is 5.94. The van der Waals surface area contributed by atoms with Gasteiger partial charge in [0.2, 0.25) is 17.1 Å². The average molecular weight is 347 g/mol. The zero-order chi connectivity index (χ0) is 18.4. The Bertz CT molecular complexity index is 771. The van der Waals surface area contributed by atoms with Crippen molar-refractivity contribution in [3.05, 3.63) is 46.7 Å². The van der Waals surface area contributed by atoms with Gasteiger partial charge < -0.3 is 25.0 Å². The number of esters is 1. The molecule has 7 nitrogen and oxygen atoms in total. The topological polar surface area (TPSA) is 105 Å². The zero-order valence-electron chi connectivity index (χ0n) is 14.3. The zero-order valence-corrected chi connectivity index (χ0v) is 14.3. The number of aliphatic hydroxyl groups is 2. The molecule has 25 heavy (non-hydrogen) atoms. The van der Waals surface area contributed by atoms with E-state index in [1.165, 1.54) is 19.1 Å². The molecule has 7 heteroatoms. The maximum absolute atomic E-state index is 12.8. The van der Waals surface area contributed by atoms with Crippen LogP contribution in [0.3, 0.4) is 0 Å². The first kappa shape index (κ1) is 17.6. The number of hydrogen-bond donors (Lipinski definition) is 3. The van der Waals surface area contributed by atoms with Crippen LogP contribution in [0.15, 0.2) is 35.5 Å². The first-order chi connectivity index (χ1) is 11.7. The summed E-state index contributed by atoms with van der Waals surface area (Å²) in [5.41, 5.74) is -4.19. The first-order valence-electron chi connectivity index (χ1n) is 8.10.